The molecule has 0 atom stereocenters. The summed E-state index contributed by atoms with van der Waals surface area (Å²) in [6.45, 7) is 0. The third-order valence-electron chi connectivity index (χ3n) is 6.56. The summed E-state index contributed by atoms with van der Waals surface area (Å²) in [6, 6.07) is 23.3. The van der Waals surface area contributed by atoms with E-state index in [4.69, 9.17) is 0 Å². The Morgan fingerprint density at radius 1 is 0.449 bits per heavy atom. The fraction of sp³-hybridized carbons (Fsp3) is 0. The van der Waals surface area contributed by atoms with E-state index in [1.165, 1.54) is 116 Å². The molecule has 0 bridgehead atoms. The van der Waals surface area contributed by atoms with Crippen molar-refractivity contribution >= 4 is 63.6 Å². The van der Waals surface area contributed by atoms with Crippen LogP contribution in [0, 0.1) is 30.3 Å². The Hall–Kier alpha value is -7.56. The number of non-ortho nitro benzene ring substituents is 3. The van der Waals surface area contributed by atoms with Crippen LogP contribution in [0.15, 0.2) is 134 Å². The highest BCUT2D eigenvalue weighted by atomic mass is 16.6. The normalized spacial score (nSPS) is 11.6. The lowest BCUT2D eigenvalue weighted by atomic mass is 10.2. The van der Waals surface area contributed by atoms with Gasteiger partial charge in [-0.25, -0.2) is 0 Å². The van der Waals surface area contributed by atoms with Crippen LogP contribution in [0.4, 0.5) is 51.2 Å². The van der Waals surface area contributed by atoms with Crippen LogP contribution < -0.4 is 0 Å². The van der Waals surface area contributed by atoms with Gasteiger partial charge in [-0.15, -0.1) is 0 Å². The number of aliphatic imine (C=N–C) groups is 2. The Balaban J connectivity index is 1.39. The number of nitro groups is 3. The lowest BCUT2D eigenvalue weighted by Gasteiger charge is -2.04. The van der Waals surface area contributed by atoms with Crippen LogP contribution in [-0.4, -0.2) is 37.4 Å². The van der Waals surface area contributed by atoms with Gasteiger partial charge >= 0.3 is 0 Å². The molecule has 5 aromatic rings. The summed E-state index contributed by atoms with van der Waals surface area (Å²) < 4.78 is 0. The first-order valence-corrected chi connectivity index (χ1v) is 13.9. The zero-order valence-corrected chi connectivity index (χ0v) is 24.8. The first kappa shape index (κ1) is 32.8. The zero-order chi connectivity index (χ0) is 34.9. The van der Waals surface area contributed by atoms with Crippen molar-refractivity contribution in [2.45, 2.75) is 0 Å². The smallest absolute Gasteiger partial charge is 0.271 e. The van der Waals surface area contributed by atoms with E-state index in [0.717, 1.165) is 0 Å². The molecule has 0 unspecified atom stereocenters. The van der Waals surface area contributed by atoms with Crippen molar-refractivity contribution in [3.05, 3.63) is 145 Å². The second-order valence-electron chi connectivity index (χ2n) is 9.88. The minimum absolute atomic E-state index is 0.0660. The molecule has 0 aliphatic carbocycles. The van der Waals surface area contributed by atoms with Crippen LogP contribution in [0.1, 0.15) is 11.1 Å². The second kappa shape index (κ2) is 14.7. The van der Waals surface area contributed by atoms with Crippen molar-refractivity contribution < 1.29 is 25.0 Å². The highest BCUT2D eigenvalue weighted by Crippen LogP contribution is 2.34. The predicted octanol–water partition coefficient (Wildman–Crippen LogP) is 9.15. The third kappa shape index (κ3) is 8.58. The van der Waals surface area contributed by atoms with Crippen LogP contribution >= 0.6 is 0 Å². The van der Waals surface area contributed by atoms with Crippen LogP contribution in [0.2, 0.25) is 0 Å². The lowest BCUT2D eigenvalue weighted by molar-refractivity contribution is -0.385. The summed E-state index contributed by atoms with van der Waals surface area (Å²) in [5, 5.41) is 70.3. The Morgan fingerprint density at radius 2 is 0.816 bits per heavy atom. The monoisotopic (exact) mass is 659 g/mol. The van der Waals surface area contributed by atoms with Gasteiger partial charge < -0.3 is 10.2 Å². The molecule has 0 aliphatic rings. The maximum absolute atomic E-state index is 11.5. The van der Waals surface area contributed by atoms with Gasteiger partial charge in [0.25, 0.3) is 17.1 Å². The number of rotatable bonds is 11. The summed E-state index contributed by atoms with van der Waals surface area (Å²) in [4.78, 5) is 40.2. The molecule has 17 nitrogen and oxygen atoms in total. The summed E-state index contributed by atoms with van der Waals surface area (Å²) in [5.41, 5.74) is 1.61. The molecule has 0 heterocycles. The van der Waals surface area contributed by atoms with Gasteiger partial charge in [-0.2, -0.15) is 20.5 Å². The fourth-order valence-electron chi connectivity index (χ4n) is 4.04. The molecule has 2 N–H and O–H groups in total. The topological polar surface area (TPSA) is 244 Å². The molecule has 0 spiro atoms. The number of nitrogens with zero attached hydrogens (tertiary/aromatic N) is 9. The quantitative estimate of drug-likeness (QED) is 0.0597. The molecule has 0 amide bonds. The van der Waals surface area contributed by atoms with E-state index < -0.39 is 14.8 Å². The zero-order valence-electron chi connectivity index (χ0n) is 24.8. The molecule has 0 aromatic heterocycles. The molecule has 0 fully saturated rings. The van der Waals surface area contributed by atoms with E-state index in [1.807, 2.05) is 0 Å². The first-order valence-electron chi connectivity index (χ1n) is 13.9. The average molecular weight is 660 g/mol. The third-order valence-corrected chi connectivity index (χ3v) is 6.56. The highest BCUT2D eigenvalue weighted by Gasteiger charge is 2.11. The minimum atomic E-state index is -0.603. The molecular formula is C32H21N9O8. The van der Waals surface area contributed by atoms with Crippen molar-refractivity contribution in [3.8, 4) is 11.5 Å². The number of phenols is 2. The van der Waals surface area contributed by atoms with Gasteiger partial charge in [0.1, 0.15) is 11.5 Å². The van der Waals surface area contributed by atoms with Gasteiger partial charge in [-0.3, -0.25) is 40.3 Å². The lowest BCUT2D eigenvalue weighted by Crippen LogP contribution is -1.88. The predicted molar refractivity (Wildman–Crippen MR) is 178 cm³/mol. The number of aromatic hydroxyl groups is 2. The Labute approximate surface area is 275 Å². The standard InChI is InChI=1S/C32H21N9O8/c42-31-13-5-24(37-35-22-1-7-26(8-2-22)39(44)45)15-20(31)18-33-29-12-11-28(41(48)49)17-30(29)34-19-21-16-25(6-14-32(21)43)38-36-23-3-9-27(10-4-23)40(46)47/h1-19,42-43H. The summed E-state index contributed by atoms with van der Waals surface area (Å²) in [5.74, 6) is -0.312. The SMILES string of the molecule is O=[N+]([O-])c1ccc(N=Nc2ccc(O)c(C=Nc3ccc([N+](=O)[O-])cc3N=Cc3cc(N=Nc4ccc([N+](=O)[O-])cc4)ccc3O)c2)cc1. The molecule has 5 rings (SSSR count). The Kier molecular flexibility index (Phi) is 9.84. The van der Waals surface area contributed by atoms with Gasteiger partial charge in [-0.1, -0.05) is 0 Å². The van der Waals surface area contributed by atoms with E-state index >= 15 is 0 Å². The Bertz CT molecular complexity index is 2180. The number of azo groups is 2. The van der Waals surface area contributed by atoms with Crippen LogP contribution in [0.5, 0.6) is 11.5 Å². The molecule has 49 heavy (non-hydrogen) atoms. The highest BCUT2D eigenvalue weighted by molar-refractivity contribution is 5.90. The largest absolute Gasteiger partial charge is 0.507 e. The number of benzene rings is 5. The van der Waals surface area contributed by atoms with E-state index in [1.54, 1.807) is 0 Å². The maximum atomic E-state index is 11.5. The Morgan fingerprint density at radius 3 is 1.24 bits per heavy atom. The van der Waals surface area contributed by atoms with Gasteiger partial charge in [-0.05, 0) is 66.7 Å². The van der Waals surface area contributed by atoms with Crippen molar-refractivity contribution in [1.82, 2.24) is 0 Å². The summed E-state index contributed by atoms with van der Waals surface area (Å²) in [6.07, 6.45) is 2.56. The van der Waals surface area contributed by atoms with Crippen LogP contribution in [-0.2, 0) is 0 Å². The molecule has 242 valence electrons. The number of nitro benzene ring substituents is 3. The number of hydrogen-bond acceptors (Lipinski definition) is 14. The van der Waals surface area contributed by atoms with Gasteiger partial charge in [0.15, 0.2) is 0 Å². The van der Waals surface area contributed by atoms with Gasteiger partial charge in [0.2, 0.25) is 0 Å². The summed E-state index contributed by atoms with van der Waals surface area (Å²) in [7, 11) is 0. The summed E-state index contributed by atoms with van der Waals surface area (Å²) >= 11 is 0. The van der Waals surface area contributed by atoms with Crippen molar-refractivity contribution in [3.63, 3.8) is 0 Å². The molecule has 0 saturated heterocycles. The number of hydrogen-bond donors (Lipinski definition) is 2. The van der Waals surface area contributed by atoms with E-state index in [0.29, 0.717) is 22.7 Å². The molecule has 5 aromatic carbocycles. The average Bonchev–Trinajstić information content (AvgIpc) is 3.10. The van der Waals surface area contributed by atoms with Gasteiger partial charge in [0.05, 0.1) is 48.9 Å². The molecule has 0 aliphatic heterocycles. The fourth-order valence-corrected chi connectivity index (χ4v) is 4.04. The van der Waals surface area contributed by atoms with E-state index in [9.17, 15) is 40.6 Å². The molecule has 17 heteroatoms. The van der Waals surface area contributed by atoms with Crippen molar-refractivity contribution in [2.75, 3.05) is 0 Å². The van der Waals surface area contributed by atoms with E-state index in [2.05, 4.69) is 30.4 Å². The van der Waals surface area contributed by atoms with Crippen molar-refractivity contribution in [1.29, 1.82) is 0 Å². The first-order chi connectivity index (χ1) is 23.5. The minimum Gasteiger partial charge on any atom is -0.507 e. The van der Waals surface area contributed by atoms with Crippen LogP contribution in [0.3, 0.4) is 0 Å². The second-order valence-corrected chi connectivity index (χ2v) is 9.88. The van der Waals surface area contributed by atoms with Gasteiger partial charge in [0, 0.05) is 60.0 Å². The van der Waals surface area contributed by atoms with Crippen molar-refractivity contribution in [2.24, 2.45) is 30.4 Å². The molecule has 0 radical (unpaired) electrons. The molecule has 0 saturated carbocycles. The maximum Gasteiger partial charge on any atom is 0.271 e. The van der Waals surface area contributed by atoms with E-state index in [-0.39, 0.29) is 51.1 Å². The molecular weight excluding hydrogens is 638 g/mol. The number of phenolic OH excluding ortho intramolecular Hbond substituents is 2. The van der Waals surface area contributed by atoms with Crippen LogP contribution in [0.25, 0.3) is 0 Å².